The summed E-state index contributed by atoms with van der Waals surface area (Å²) in [7, 11) is -1.56. The van der Waals surface area contributed by atoms with Crippen molar-refractivity contribution in [2.24, 2.45) is 0 Å². The molecule has 2 aliphatic heterocycles. The molecule has 3 aliphatic rings. The average Bonchev–Trinajstić information content (AvgIpc) is 3.02. The van der Waals surface area contributed by atoms with E-state index in [2.05, 4.69) is 11.0 Å². The van der Waals surface area contributed by atoms with E-state index < -0.39 is 9.84 Å². The van der Waals surface area contributed by atoms with Gasteiger partial charge < -0.3 is 9.64 Å². The zero-order chi connectivity index (χ0) is 19.7. The molecule has 1 aliphatic carbocycles. The molecule has 6 nitrogen and oxygen atoms in total. The number of carbonyl (C=O) groups is 1. The lowest BCUT2D eigenvalue weighted by Crippen LogP contribution is -2.62. The second kappa shape index (κ2) is 7.87. The minimum atomic E-state index is -3.16. The van der Waals surface area contributed by atoms with E-state index >= 15 is 0 Å². The van der Waals surface area contributed by atoms with Crippen molar-refractivity contribution in [1.29, 1.82) is 0 Å². The number of sulfone groups is 1. The minimum absolute atomic E-state index is 0.0267. The number of allylic oxidation sites excluding steroid dienone is 1. The van der Waals surface area contributed by atoms with Crippen LogP contribution in [0.15, 0.2) is 35.9 Å². The third-order valence-corrected chi connectivity index (χ3v) is 7.86. The molecule has 0 saturated carbocycles. The van der Waals surface area contributed by atoms with Gasteiger partial charge >= 0.3 is 0 Å². The Morgan fingerprint density at radius 1 is 1.11 bits per heavy atom. The van der Waals surface area contributed by atoms with Crippen LogP contribution >= 0.6 is 0 Å². The highest BCUT2D eigenvalue weighted by atomic mass is 32.2. The summed E-state index contributed by atoms with van der Waals surface area (Å²) in [5.41, 5.74) is 2.20. The van der Waals surface area contributed by atoms with Crippen LogP contribution in [0.3, 0.4) is 0 Å². The van der Waals surface area contributed by atoms with Crippen molar-refractivity contribution >= 4 is 21.4 Å². The molecule has 0 bridgehead atoms. The van der Waals surface area contributed by atoms with Crippen molar-refractivity contribution in [3.63, 3.8) is 0 Å². The number of nitrogens with zero attached hydrogens (tertiary/aromatic N) is 2. The number of hydrogen-bond donors (Lipinski definition) is 0. The van der Waals surface area contributed by atoms with Crippen LogP contribution in [-0.4, -0.2) is 63.0 Å². The van der Waals surface area contributed by atoms with Crippen LogP contribution < -0.4 is 9.64 Å². The first-order valence-corrected chi connectivity index (χ1v) is 11.9. The number of piperazine rings is 1. The summed E-state index contributed by atoms with van der Waals surface area (Å²) in [6.07, 6.45) is 8.01. The van der Waals surface area contributed by atoms with Crippen molar-refractivity contribution in [2.75, 3.05) is 36.6 Å². The van der Waals surface area contributed by atoms with Gasteiger partial charge in [0, 0.05) is 18.3 Å². The maximum absolute atomic E-state index is 13.0. The Morgan fingerprint density at radius 2 is 1.86 bits per heavy atom. The molecule has 28 heavy (non-hydrogen) atoms. The first-order valence-electron chi connectivity index (χ1n) is 10.1. The maximum Gasteiger partial charge on any atom is 0.241 e. The molecule has 1 aromatic carbocycles. The lowest BCUT2D eigenvalue weighted by atomic mass is 9.96. The molecule has 1 aromatic rings. The number of fused-ring (bicyclic) bond motifs is 1. The van der Waals surface area contributed by atoms with Gasteiger partial charge in [-0.3, -0.25) is 9.69 Å². The maximum atomic E-state index is 13.0. The van der Waals surface area contributed by atoms with Gasteiger partial charge in [0.1, 0.15) is 5.75 Å². The quantitative estimate of drug-likeness (QED) is 0.705. The number of methoxy groups -OCH3 is 1. The predicted molar refractivity (Wildman–Crippen MR) is 109 cm³/mol. The van der Waals surface area contributed by atoms with E-state index in [1.165, 1.54) is 18.4 Å². The second-order valence-corrected chi connectivity index (χ2v) is 10.2. The van der Waals surface area contributed by atoms with Crippen molar-refractivity contribution in [3.8, 4) is 5.75 Å². The standard InChI is InChI=1S/C21H28N2O4S/c1-27-18-9-7-17(8-10-18)23-20-15-28(25,26)14-19(20)22(13-21(23)24)12-11-16-5-3-2-4-6-16/h5,7-10,19-20H,2-4,6,11-15H2,1H3/t19-,20+/m1/s1. The fourth-order valence-electron chi connectivity index (χ4n) is 4.70. The van der Waals surface area contributed by atoms with Crippen LogP contribution in [0.2, 0.25) is 0 Å². The van der Waals surface area contributed by atoms with Crippen molar-refractivity contribution in [2.45, 2.75) is 44.2 Å². The first kappa shape index (κ1) is 19.5. The Morgan fingerprint density at radius 3 is 2.54 bits per heavy atom. The van der Waals surface area contributed by atoms with Gasteiger partial charge in [-0.05, 0) is 56.4 Å². The minimum Gasteiger partial charge on any atom is -0.497 e. The van der Waals surface area contributed by atoms with Gasteiger partial charge in [0.25, 0.3) is 0 Å². The molecular formula is C21H28N2O4S. The molecule has 1 amide bonds. The molecule has 152 valence electrons. The van der Waals surface area contributed by atoms with Gasteiger partial charge in [-0.25, -0.2) is 8.42 Å². The third-order valence-electron chi connectivity index (χ3n) is 6.16. The molecule has 0 radical (unpaired) electrons. The Kier molecular flexibility index (Phi) is 5.47. The highest BCUT2D eigenvalue weighted by Gasteiger charge is 2.49. The van der Waals surface area contributed by atoms with Crippen LogP contribution in [-0.2, 0) is 14.6 Å². The number of hydrogen-bond acceptors (Lipinski definition) is 5. The van der Waals surface area contributed by atoms with E-state index in [9.17, 15) is 13.2 Å². The molecule has 2 fully saturated rings. The molecule has 0 N–H and O–H groups in total. The summed E-state index contributed by atoms with van der Waals surface area (Å²) in [6.45, 7) is 1.03. The zero-order valence-electron chi connectivity index (χ0n) is 16.3. The molecule has 2 atom stereocenters. The highest BCUT2D eigenvalue weighted by Crippen LogP contribution is 2.33. The van der Waals surface area contributed by atoms with Crippen LogP contribution in [0.1, 0.15) is 32.1 Å². The van der Waals surface area contributed by atoms with E-state index in [-0.39, 0.29) is 36.0 Å². The van der Waals surface area contributed by atoms with Crippen LogP contribution in [0.5, 0.6) is 5.75 Å². The van der Waals surface area contributed by atoms with Crippen molar-refractivity contribution < 1.29 is 17.9 Å². The van der Waals surface area contributed by atoms with E-state index in [4.69, 9.17) is 4.74 Å². The number of ether oxygens (including phenoxy) is 1. The molecule has 2 heterocycles. The Labute approximate surface area is 167 Å². The number of anilines is 1. The van der Waals surface area contributed by atoms with E-state index in [0.717, 1.165) is 31.5 Å². The summed E-state index contributed by atoms with van der Waals surface area (Å²) in [5.74, 6) is 0.859. The molecule has 0 unspecified atom stereocenters. The van der Waals surface area contributed by atoms with Crippen LogP contribution in [0, 0.1) is 0 Å². The molecular weight excluding hydrogens is 376 g/mol. The summed E-state index contributed by atoms with van der Waals surface area (Å²) in [4.78, 5) is 16.8. The molecule has 2 saturated heterocycles. The van der Waals surface area contributed by atoms with Crippen molar-refractivity contribution in [1.82, 2.24) is 4.90 Å². The fraction of sp³-hybridized carbons (Fsp3) is 0.571. The zero-order valence-corrected chi connectivity index (χ0v) is 17.2. The Bertz CT molecular complexity index is 863. The number of benzene rings is 1. The number of amides is 1. The van der Waals surface area contributed by atoms with Gasteiger partial charge in [-0.2, -0.15) is 0 Å². The Balaban J connectivity index is 1.55. The summed E-state index contributed by atoms with van der Waals surface area (Å²) >= 11 is 0. The Hall–Kier alpha value is -1.86. The smallest absolute Gasteiger partial charge is 0.241 e. The average molecular weight is 405 g/mol. The highest BCUT2D eigenvalue weighted by molar-refractivity contribution is 7.91. The van der Waals surface area contributed by atoms with Gasteiger partial charge in [0.2, 0.25) is 5.91 Å². The predicted octanol–water partition coefficient (Wildman–Crippen LogP) is 2.40. The molecule has 0 spiro atoms. The monoisotopic (exact) mass is 404 g/mol. The fourth-order valence-corrected chi connectivity index (χ4v) is 6.68. The summed E-state index contributed by atoms with van der Waals surface area (Å²) < 4.78 is 30.1. The topological polar surface area (TPSA) is 66.9 Å². The summed E-state index contributed by atoms with van der Waals surface area (Å²) in [5, 5.41) is 0. The van der Waals surface area contributed by atoms with Crippen LogP contribution in [0.4, 0.5) is 5.69 Å². The largest absolute Gasteiger partial charge is 0.497 e. The summed E-state index contributed by atoms with van der Waals surface area (Å²) in [6, 6.07) is 6.84. The molecule has 4 rings (SSSR count). The van der Waals surface area contributed by atoms with Gasteiger partial charge in [-0.1, -0.05) is 11.6 Å². The third kappa shape index (κ3) is 3.96. The van der Waals surface area contributed by atoms with Gasteiger partial charge in [0.05, 0.1) is 31.2 Å². The second-order valence-electron chi connectivity index (χ2n) is 8.00. The lowest BCUT2D eigenvalue weighted by Gasteiger charge is -2.43. The van der Waals surface area contributed by atoms with E-state index in [1.807, 2.05) is 24.3 Å². The van der Waals surface area contributed by atoms with Crippen LogP contribution in [0.25, 0.3) is 0 Å². The lowest BCUT2D eigenvalue weighted by molar-refractivity contribution is -0.123. The van der Waals surface area contributed by atoms with Gasteiger partial charge in [-0.15, -0.1) is 0 Å². The molecule has 7 heteroatoms. The number of rotatable bonds is 5. The van der Waals surface area contributed by atoms with E-state index in [1.54, 1.807) is 12.0 Å². The SMILES string of the molecule is COc1ccc(N2C(=O)CN(CCC3=CCCCC3)[C@@H]3CS(=O)(=O)C[C@@H]32)cc1. The van der Waals surface area contributed by atoms with Crippen molar-refractivity contribution in [3.05, 3.63) is 35.9 Å². The number of carbonyl (C=O) groups excluding carboxylic acids is 1. The first-order chi connectivity index (χ1) is 13.5. The normalized spacial score (nSPS) is 27.4. The van der Waals surface area contributed by atoms with E-state index in [0.29, 0.717) is 5.75 Å². The molecule has 0 aromatic heterocycles. The van der Waals surface area contributed by atoms with Gasteiger partial charge in [0.15, 0.2) is 9.84 Å².